The fourth-order valence-corrected chi connectivity index (χ4v) is 2.75. The average molecular weight is 211 g/mol. The third kappa shape index (κ3) is 3.32. The van der Waals surface area contributed by atoms with E-state index in [4.69, 9.17) is 4.74 Å². The van der Waals surface area contributed by atoms with Crippen molar-refractivity contribution in [1.29, 1.82) is 0 Å². The highest BCUT2D eigenvalue weighted by molar-refractivity contribution is 5.06. The molecule has 0 saturated heterocycles. The number of nitrogens with one attached hydrogen (secondary N) is 1. The fourth-order valence-electron chi connectivity index (χ4n) is 2.75. The monoisotopic (exact) mass is 211 g/mol. The van der Waals surface area contributed by atoms with Crippen molar-refractivity contribution in [2.45, 2.75) is 51.2 Å². The predicted octanol–water partition coefficient (Wildman–Crippen LogP) is 2.75. The lowest BCUT2D eigenvalue weighted by Gasteiger charge is -2.35. The van der Waals surface area contributed by atoms with Crippen molar-refractivity contribution in [2.75, 3.05) is 14.2 Å². The quantitative estimate of drug-likeness (QED) is 0.706. The van der Waals surface area contributed by atoms with E-state index in [9.17, 15) is 0 Å². The summed E-state index contributed by atoms with van der Waals surface area (Å²) in [5.74, 6) is 0.706. The maximum absolute atomic E-state index is 5.68. The van der Waals surface area contributed by atoms with E-state index in [1.54, 1.807) is 0 Å². The lowest BCUT2D eigenvalue weighted by Crippen LogP contribution is -2.44. The molecule has 1 N–H and O–H groups in total. The molecule has 0 spiro atoms. The number of hydrogen-bond acceptors (Lipinski definition) is 2. The van der Waals surface area contributed by atoms with E-state index in [0.29, 0.717) is 18.1 Å². The molecule has 1 fully saturated rings. The van der Waals surface area contributed by atoms with Crippen LogP contribution in [0, 0.1) is 5.92 Å². The predicted molar refractivity (Wildman–Crippen MR) is 65.0 cm³/mol. The Kier molecular flexibility index (Phi) is 5.34. The Morgan fingerprint density at radius 1 is 1.33 bits per heavy atom. The van der Waals surface area contributed by atoms with Gasteiger partial charge in [-0.05, 0) is 32.7 Å². The van der Waals surface area contributed by atoms with Crippen molar-refractivity contribution in [3.8, 4) is 0 Å². The molecule has 2 unspecified atom stereocenters. The van der Waals surface area contributed by atoms with Gasteiger partial charge in [-0.2, -0.15) is 0 Å². The highest BCUT2D eigenvalue weighted by Crippen LogP contribution is 2.30. The van der Waals surface area contributed by atoms with E-state index in [-0.39, 0.29) is 0 Å². The first-order valence-corrected chi connectivity index (χ1v) is 6.06. The Labute approximate surface area is 94.1 Å². The topological polar surface area (TPSA) is 21.3 Å². The fraction of sp³-hybridized carbons (Fsp3) is 0.846. The standard InChI is InChI=1S/C13H25NO/c1-10(2)12(14-3)13(15-4)11-8-6-5-7-9-11/h11-14H,1,5-9H2,2-4H3. The Balaban J connectivity index is 2.62. The number of rotatable bonds is 5. The maximum atomic E-state index is 5.68. The van der Waals surface area contributed by atoms with Gasteiger partial charge in [-0.1, -0.05) is 31.4 Å². The molecule has 0 bridgehead atoms. The van der Waals surface area contributed by atoms with Gasteiger partial charge in [-0.15, -0.1) is 0 Å². The van der Waals surface area contributed by atoms with Gasteiger partial charge in [-0.3, -0.25) is 0 Å². The maximum Gasteiger partial charge on any atom is 0.0790 e. The van der Waals surface area contributed by atoms with Crippen LogP contribution < -0.4 is 5.32 Å². The molecule has 1 aliphatic carbocycles. The zero-order valence-corrected chi connectivity index (χ0v) is 10.4. The van der Waals surface area contributed by atoms with Crippen LogP contribution in [0.5, 0.6) is 0 Å². The van der Waals surface area contributed by atoms with E-state index in [1.165, 1.54) is 37.7 Å². The smallest absolute Gasteiger partial charge is 0.0790 e. The molecule has 0 aromatic carbocycles. The van der Waals surface area contributed by atoms with Crippen molar-refractivity contribution in [1.82, 2.24) is 5.32 Å². The van der Waals surface area contributed by atoms with Gasteiger partial charge in [0.15, 0.2) is 0 Å². The van der Waals surface area contributed by atoms with Crippen LogP contribution in [0.25, 0.3) is 0 Å². The van der Waals surface area contributed by atoms with Crippen LogP contribution in [-0.2, 0) is 4.74 Å². The largest absolute Gasteiger partial charge is 0.379 e. The molecule has 0 heterocycles. The lowest BCUT2D eigenvalue weighted by atomic mass is 9.81. The van der Waals surface area contributed by atoms with Crippen LogP contribution in [0.2, 0.25) is 0 Å². The summed E-state index contributed by atoms with van der Waals surface area (Å²) in [7, 11) is 3.82. The zero-order valence-electron chi connectivity index (χ0n) is 10.4. The van der Waals surface area contributed by atoms with Crippen molar-refractivity contribution in [3.05, 3.63) is 12.2 Å². The third-order valence-electron chi connectivity index (χ3n) is 3.56. The normalized spacial score (nSPS) is 22.3. The summed E-state index contributed by atoms with van der Waals surface area (Å²) in [4.78, 5) is 0. The highest BCUT2D eigenvalue weighted by atomic mass is 16.5. The SMILES string of the molecule is C=C(C)C(NC)C(OC)C1CCCCC1. The summed E-state index contributed by atoms with van der Waals surface area (Å²) < 4.78 is 5.68. The molecule has 15 heavy (non-hydrogen) atoms. The van der Waals surface area contributed by atoms with Crippen LogP contribution in [-0.4, -0.2) is 26.3 Å². The Bertz CT molecular complexity index is 197. The molecule has 0 radical (unpaired) electrons. The molecule has 0 aliphatic heterocycles. The minimum absolute atomic E-state index is 0.299. The molecule has 2 atom stereocenters. The summed E-state index contributed by atoms with van der Waals surface area (Å²) in [6.45, 7) is 6.13. The summed E-state index contributed by atoms with van der Waals surface area (Å²) in [5.41, 5.74) is 1.18. The van der Waals surface area contributed by atoms with Gasteiger partial charge < -0.3 is 10.1 Å². The van der Waals surface area contributed by atoms with Gasteiger partial charge in [0.2, 0.25) is 0 Å². The number of ether oxygens (including phenoxy) is 1. The molecule has 1 rings (SSSR count). The molecule has 2 nitrogen and oxygen atoms in total. The molecule has 88 valence electrons. The van der Waals surface area contributed by atoms with Gasteiger partial charge in [0.1, 0.15) is 0 Å². The second kappa shape index (κ2) is 6.29. The average Bonchev–Trinajstić information content (AvgIpc) is 2.26. The summed E-state index contributed by atoms with van der Waals surface area (Å²) >= 11 is 0. The molecular formula is C13H25NO. The van der Waals surface area contributed by atoms with Crippen LogP contribution in [0.4, 0.5) is 0 Å². The Hall–Kier alpha value is -0.340. The van der Waals surface area contributed by atoms with E-state index < -0.39 is 0 Å². The summed E-state index contributed by atoms with van der Waals surface area (Å²) in [5, 5.41) is 3.33. The van der Waals surface area contributed by atoms with Crippen LogP contribution in [0.3, 0.4) is 0 Å². The van der Waals surface area contributed by atoms with Gasteiger partial charge in [0.05, 0.1) is 12.1 Å². The van der Waals surface area contributed by atoms with Crippen LogP contribution in [0.1, 0.15) is 39.0 Å². The van der Waals surface area contributed by atoms with E-state index in [1.807, 2.05) is 14.2 Å². The van der Waals surface area contributed by atoms with E-state index >= 15 is 0 Å². The van der Waals surface area contributed by atoms with Crippen molar-refractivity contribution >= 4 is 0 Å². The van der Waals surface area contributed by atoms with Crippen molar-refractivity contribution < 1.29 is 4.74 Å². The molecule has 0 aromatic rings. The Morgan fingerprint density at radius 3 is 2.33 bits per heavy atom. The van der Waals surface area contributed by atoms with Crippen molar-refractivity contribution in [3.63, 3.8) is 0 Å². The first kappa shape index (κ1) is 12.7. The molecule has 0 amide bonds. The second-order valence-electron chi connectivity index (χ2n) is 4.71. The number of hydrogen-bond donors (Lipinski definition) is 1. The zero-order chi connectivity index (χ0) is 11.3. The second-order valence-corrected chi connectivity index (χ2v) is 4.71. The molecule has 1 aliphatic rings. The minimum atomic E-state index is 0.299. The minimum Gasteiger partial charge on any atom is -0.379 e. The van der Waals surface area contributed by atoms with Crippen molar-refractivity contribution in [2.24, 2.45) is 5.92 Å². The summed E-state index contributed by atoms with van der Waals surface area (Å²) in [6.07, 6.45) is 7.03. The van der Waals surface area contributed by atoms with Gasteiger partial charge in [0, 0.05) is 7.11 Å². The number of likely N-dealkylation sites (N-methyl/N-ethyl adjacent to an activating group) is 1. The lowest BCUT2D eigenvalue weighted by molar-refractivity contribution is 0.0188. The van der Waals surface area contributed by atoms with Gasteiger partial charge in [0.25, 0.3) is 0 Å². The first-order chi connectivity index (χ1) is 7.20. The van der Waals surface area contributed by atoms with Crippen LogP contribution in [0.15, 0.2) is 12.2 Å². The van der Waals surface area contributed by atoms with Gasteiger partial charge in [-0.25, -0.2) is 0 Å². The third-order valence-corrected chi connectivity index (χ3v) is 3.56. The Morgan fingerprint density at radius 2 is 1.93 bits per heavy atom. The van der Waals surface area contributed by atoms with E-state index in [0.717, 1.165) is 0 Å². The highest BCUT2D eigenvalue weighted by Gasteiger charge is 2.29. The molecule has 1 saturated carbocycles. The number of methoxy groups -OCH3 is 1. The van der Waals surface area contributed by atoms with E-state index in [2.05, 4.69) is 18.8 Å². The van der Waals surface area contributed by atoms with Crippen LogP contribution >= 0.6 is 0 Å². The first-order valence-electron chi connectivity index (χ1n) is 6.06. The summed E-state index contributed by atoms with van der Waals surface area (Å²) in [6, 6.07) is 0.304. The molecule has 0 aromatic heterocycles. The molecule has 2 heteroatoms. The van der Waals surface area contributed by atoms with Gasteiger partial charge >= 0.3 is 0 Å². The molecular weight excluding hydrogens is 186 g/mol.